The lowest BCUT2D eigenvalue weighted by Crippen LogP contribution is -2.19. The lowest BCUT2D eigenvalue weighted by molar-refractivity contribution is -0.134. The monoisotopic (exact) mass is 337 g/mol. The van der Waals surface area contributed by atoms with E-state index in [1.54, 1.807) is 0 Å². The number of carbonyl (C=O) groups excluding carboxylic acids is 1. The summed E-state index contributed by atoms with van der Waals surface area (Å²) in [5, 5.41) is 7.42. The van der Waals surface area contributed by atoms with Gasteiger partial charge in [-0.1, -0.05) is 45.0 Å². The highest BCUT2D eigenvalue weighted by Gasteiger charge is 2.14. The molecule has 0 aliphatic carbocycles. The van der Waals surface area contributed by atoms with Crippen molar-refractivity contribution < 1.29 is 19.4 Å². The highest BCUT2D eigenvalue weighted by Crippen LogP contribution is 2.12. The average molecular weight is 337 g/mol. The zero-order chi connectivity index (χ0) is 18.5. The summed E-state index contributed by atoms with van der Waals surface area (Å²) in [6.45, 7) is 8.72. The SMILES string of the molecule is CC(=O)O.CC(C)C[C@@H](C)C(=O)COCCc1ccc(CN)cc1. The summed E-state index contributed by atoms with van der Waals surface area (Å²) in [5.41, 5.74) is 7.90. The molecular formula is C19H31NO4. The zero-order valence-corrected chi connectivity index (χ0v) is 15.2. The number of hydrogen-bond donors (Lipinski definition) is 2. The number of aliphatic carboxylic acids is 1. The molecule has 1 atom stereocenters. The van der Waals surface area contributed by atoms with Gasteiger partial charge in [-0.25, -0.2) is 0 Å². The van der Waals surface area contributed by atoms with Gasteiger partial charge in [0.2, 0.25) is 0 Å². The predicted octanol–water partition coefficient (Wildman–Crippen LogP) is 3.05. The number of ketones is 1. The molecule has 0 radical (unpaired) electrons. The van der Waals surface area contributed by atoms with E-state index in [0.717, 1.165) is 25.3 Å². The Labute approximate surface area is 145 Å². The molecule has 136 valence electrons. The van der Waals surface area contributed by atoms with E-state index in [1.165, 1.54) is 5.56 Å². The van der Waals surface area contributed by atoms with E-state index in [0.29, 0.717) is 19.1 Å². The molecule has 1 rings (SSSR count). The Hall–Kier alpha value is -1.72. The van der Waals surface area contributed by atoms with Gasteiger partial charge in [-0.2, -0.15) is 0 Å². The van der Waals surface area contributed by atoms with E-state index in [2.05, 4.69) is 26.0 Å². The second-order valence-electron chi connectivity index (χ2n) is 6.34. The van der Waals surface area contributed by atoms with E-state index in [1.807, 2.05) is 19.1 Å². The Morgan fingerprint density at radius 3 is 2.08 bits per heavy atom. The number of nitrogens with two attached hydrogens (primary N) is 1. The fraction of sp³-hybridized carbons (Fsp3) is 0.579. The summed E-state index contributed by atoms with van der Waals surface area (Å²) in [4.78, 5) is 20.8. The fourth-order valence-electron chi connectivity index (χ4n) is 2.19. The van der Waals surface area contributed by atoms with Gasteiger partial charge in [-0.15, -0.1) is 0 Å². The Balaban J connectivity index is 0.00000118. The van der Waals surface area contributed by atoms with Crippen molar-refractivity contribution in [2.75, 3.05) is 13.2 Å². The van der Waals surface area contributed by atoms with Crippen molar-refractivity contribution in [3.8, 4) is 0 Å². The van der Waals surface area contributed by atoms with Crippen molar-refractivity contribution in [3.05, 3.63) is 35.4 Å². The van der Waals surface area contributed by atoms with Crippen LogP contribution in [0.2, 0.25) is 0 Å². The zero-order valence-electron chi connectivity index (χ0n) is 15.2. The molecule has 0 spiro atoms. The average Bonchev–Trinajstić information content (AvgIpc) is 2.50. The maximum Gasteiger partial charge on any atom is 0.300 e. The van der Waals surface area contributed by atoms with Crippen LogP contribution < -0.4 is 5.73 Å². The molecule has 0 heterocycles. The topological polar surface area (TPSA) is 89.6 Å². The van der Waals surface area contributed by atoms with E-state index >= 15 is 0 Å². The standard InChI is InChI=1S/C17H27NO2.C2H4O2/c1-13(2)10-14(3)17(19)12-20-9-8-15-4-6-16(11-18)7-5-15;1-2(3)4/h4-7,13-14H,8-12,18H2,1-3H3;1H3,(H,3,4)/t14-;/m1./s1. The molecule has 0 amide bonds. The van der Waals surface area contributed by atoms with Crippen LogP contribution in [0.15, 0.2) is 24.3 Å². The highest BCUT2D eigenvalue weighted by atomic mass is 16.5. The molecular weight excluding hydrogens is 306 g/mol. The molecule has 0 aliphatic heterocycles. The lowest BCUT2D eigenvalue weighted by Gasteiger charge is -2.13. The van der Waals surface area contributed by atoms with Gasteiger partial charge in [0, 0.05) is 19.4 Å². The first-order chi connectivity index (χ1) is 11.3. The molecule has 5 heteroatoms. The van der Waals surface area contributed by atoms with Crippen molar-refractivity contribution in [3.63, 3.8) is 0 Å². The van der Waals surface area contributed by atoms with Crippen molar-refractivity contribution in [1.29, 1.82) is 0 Å². The van der Waals surface area contributed by atoms with Crippen LogP contribution in [-0.2, 0) is 27.3 Å². The van der Waals surface area contributed by atoms with Gasteiger partial charge >= 0.3 is 0 Å². The summed E-state index contributed by atoms with van der Waals surface area (Å²) in [6.07, 6.45) is 1.76. The van der Waals surface area contributed by atoms with Crippen LogP contribution in [0.3, 0.4) is 0 Å². The van der Waals surface area contributed by atoms with Gasteiger partial charge in [-0.05, 0) is 29.9 Å². The third-order valence-electron chi connectivity index (χ3n) is 3.41. The van der Waals surface area contributed by atoms with E-state index < -0.39 is 5.97 Å². The first kappa shape index (κ1) is 22.3. The Morgan fingerprint density at radius 1 is 1.12 bits per heavy atom. The summed E-state index contributed by atoms with van der Waals surface area (Å²) in [6, 6.07) is 8.19. The van der Waals surface area contributed by atoms with Crippen LogP contribution in [0.4, 0.5) is 0 Å². The number of benzene rings is 1. The summed E-state index contributed by atoms with van der Waals surface area (Å²) in [5.74, 6) is 0.0195. The lowest BCUT2D eigenvalue weighted by atomic mass is 9.95. The quantitative estimate of drug-likeness (QED) is 0.676. The van der Waals surface area contributed by atoms with Gasteiger partial charge in [0.15, 0.2) is 5.78 Å². The van der Waals surface area contributed by atoms with Crippen LogP contribution in [0.1, 0.15) is 45.2 Å². The second kappa shape index (κ2) is 12.7. The van der Waals surface area contributed by atoms with Crippen LogP contribution in [0.5, 0.6) is 0 Å². The van der Waals surface area contributed by atoms with Crippen LogP contribution >= 0.6 is 0 Å². The van der Waals surface area contributed by atoms with Gasteiger partial charge in [0.1, 0.15) is 6.61 Å². The number of carboxylic acid groups (broad SMARTS) is 1. The van der Waals surface area contributed by atoms with Crippen LogP contribution in [0.25, 0.3) is 0 Å². The highest BCUT2D eigenvalue weighted by molar-refractivity contribution is 5.81. The van der Waals surface area contributed by atoms with Gasteiger partial charge < -0.3 is 15.6 Å². The normalized spacial score (nSPS) is 11.6. The first-order valence-electron chi connectivity index (χ1n) is 8.34. The summed E-state index contributed by atoms with van der Waals surface area (Å²) in [7, 11) is 0. The first-order valence-corrected chi connectivity index (χ1v) is 8.34. The molecule has 1 aromatic rings. The van der Waals surface area contributed by atoms with Crippen molar-refractivity contribution in [2.45, 2.75) is 47.1 Å². The molecule has 24 heavy (non-hydrogen) atoms. The molecule has 0 unspecified atom stereocenters. The van der Waals surface area contributed by atoms with Gasteiger partial charge in [0.05, 0.1) is 6.61 Å². The van der Waals surface area contributed by atoms with Gasteiger partial charge in [0.25, 0.3) is 5.97 Å². The van der Waals surface area contributed by atoms with E-state index in [9.17, 15) is 4.79 Å². The molecule has 0 aliphatic rings. The second-order valence-corrected chi connectivity index (χ2v) is 6.34. The molecule has 0 aromatic heterocycles. The minimum absolute atomic E-state index is 0.0961. The Morgan fingerprint density at radius 2 is 1.62 bits per heavy atom. The molecule has 0 saturated heterocycles. The van der Waals surface area contributed by atoms with E-state index in [4.69, 9.17) is 20.4 Å². The molecule has 3 N–H and O–H groups in total. The third kappa shape index (κ3) is 11.8. The molecule has 0 fully saturated rings. The molecule has 1 aromatic carbocycles. The minimum atomic E-state index is -0.833. The fourth-order valence-corrected chi connectivity index (χ4v) is 2.19. The largest absolute Gasteiger partial charge is 0.481 e. The summed E-state index contributed by atoms with van der Waals surface area (Å²) < 4.78 is 5.48. The molecule has 0 saturated carbocycles. The number of carbonyl (C=O) groups is 2. The number of carboxylic acids is 1. The molecule has 5 nitrogen and oxygen atoms in total. The van der Waals surface area contributed by atoms with Crippen LogP contribution in [-0.4, -0.2) is 30.1 Å². The van der Waals surface area contributed by atoms with Crippen molar-refractivity contribution in [2.24, 2.45) is 17.6 Å². The number of rotatable bonds is 9. The number of ether oxygens (including phenoxy) is 1. The third-order valence-corrected chi connectivity index (χ3v) is 3.41. The number of hydrogen-bond acceptors (Lipinski definition) is 4. The van der Waals surface area contributed by atoms with Crippen LogP contribution in [0, 0.1) is 11.8 Å². The smallest absolute Gasteiger partial charge is 0.300 e. The Bertz CT molecular complexity index is 479. The van der Waals surface area contributed by atoms with E-state index in [-0.39, 0.29) is 18.3 Å². The summed E-state index contributed by atoms with van der Waals surface area (Å²) >= 11 is 0. The van der Waals surface area contributed by atoms with Gasteiger partial charge in [-0.3, -0.25) is 9.59 Å². The number of Topliss-reactive ketones (excluding diaryl/α,β-unsaturated/α-hetero) is 1. The molecule has 0 bridgehead atoms. The minimum Gasteiger partial charge on any atom is -0.481 e. The maximum atomic E-state index is 11.8. The van der Waals surface area contributed by atoms with Crippen molar-refractivity contribution >= 4 is 11.8 Å². The van der Waals surface area contributed by atoms with Crippen molar-refractivity contribution in [1.82, 2.24) is 0 Å². The maximum absolute atomic E-state index is 11.8. The predicted molar refractivity (Wildman–Crippen MR) is 95.8 cm³/mol. The Kier molecular flexibility index (Phi) is 11.8.